The van der Waals surface area contributed by atoms with Crippen molar-refractivity contribution in [3.8, 4) is 0 Å². The standard InChI is InChI=1S/C20H29N5O3/c1-13-18(14(2)28-24-13)4-5-19(26)21-11-16-6-8-25(9-7-16)12-17-10-20(27)23-15(3)22-17/h10,16H,4-9,11-12H2,1-3H3,(H,21,26)(H,22,23,27). The van der Waals surface area contributed by atoms with E-state index in [-0.39, 0.29) is 11.5 Å². The van der Waals surface area contributed by atoms with Crippen LogP contribution in [0, 0.1) is 26.7 Å². The van der Waals surface area contributed by atoms with E-state index >= 15 is 0 Å². The molecule has 152 valence electrons. The smallest absolute Gasteiger partial charge is 0.251 e. The third-order valence-electron chi connectivity index (χ3n) is 5.38. The number of aromatic nitrogens is 3. The van der Waals surface area contributed by atoms with Gasteiger partial charge in [-0.25, -0.2) is 4.98 Å². The van der Waals surface area contributed by atoms with E-state index in [1.54, 1.807) is 13.0 Å². The Bertz CT molecular complexity index is 845. The molecule has 28 heavy (non-hydrogen) atoms. The maximum atomic E-state index is 12.2. The van der Waals surface area contributed by atoms with Crippen molar-refractivity contribution in [2.75, 3.05) is 19.6 Å². The number of amides is 1. The minimum absolute atomic E-state index is 0.0746. The molecule has 0 saturated carbocycles. The van der Waals surface area contributed by atoms with Gasteiger partial charge in [0.05, 0.1) is 11.4 Å². The fraction of sp³-hybridized carbons (Fsp3) is 0.600. The van der Waals surface area contributed by atoms with Crippen molar-refractivity contribution in [1.82, 2.24) is 25.3 Å². The summed E-state index contributed by atoms with van der Waals surface area (Å²) >= 11 is 0. The normalized spacial score (nSPS) is 15.7. The Morgan fingerprint density at radius 3 is 2.71 bits per heavy atom. The maximum absolute atomic E-state index is 12.2. The number of aromatic amines is 1. The molecule has 0 spiro atoms. The lowest BCUT2D eigenvalue weighted by molar-refractivity contribution is -0.121. The van der Waals surface area contributed by atoms with Crippen molar-refractivity contribution in [1.29, 1.82) is 0 Å². The van der Waals surface area contributed by atoms with Crippen molar-refractivity contribution in [2.45, 2.75) is 53.0 Å². The third-order valence-corrected chi connectivity index (χ3v) is 5.38. The molecule has 1 saturated heterocycles. The zero-order chi connectivity index (χ0) is 20.1. The van der Waals surface area contributed by atoms with Gasteiger partial charge in [0.25, 0.3) is 5.56 Å². The lowest BCUT2D eigenvalue weighted by Crippen LogP contribution is -2.38. The number of likely N-dealkylation sites (tertiary alicyclic amines) is 1. The first-order valence-corrected chi connectivity index (χ1v) is 9.88. The highest BCUT2D eigenvalue weighted by atomic mass is 16.5. The first kappa shape index (κ1) is 20.3. The van der Waals surface area contributed by atoms with Crippen molar-refractivity contribution >= 4 is 5.91 Å². The molecule has 0 aliphatic carbocycles. The summed E-state index contributed by atoms with van der Waals surface area (Å²) in [6.45, 7) is 8.90. The summed E-state index contributed by atoms with van der Waals surface area (Å²) in [6, 6.07) is 1.57. The van der Waals surface area contributed by atoms with Crippen LogP contribution in [-0.4, -0.2) is 45.6 Å². The molecule has 1 aliphatic heterocycles. The van der Waals surface area contributed by atoms with Gasteiger partial charge in [0.2, 0.25) is 5.91 Å². The first-order valence-electron chi connectivity index (χ1n) is 9.88. The topological polar surface area (TPSA) is 104 Å². The first-order chi connectivity index (χ1) is 13.4. The van der Waals surface area contributed by atoms with Gasteiger partial charge in [-0.1, -0.05) is 5.16 Å². The Labute approximate surface area is 164 Å². The molecule has 1 aliphatic rings. The lowest BCUT2D eigenvalue weighted by atomic mass is 9.96. The summed E-state index contributed by atoms with van der Waals surface area (Å²) in [5.41, 5.74) is 2.61. The molecule has 3 rings (SSSR count). The van der Waals surface area contributed by atoms with E-state index in [4.69, 9.17) is 4.52 Å². The van der Waals surface area contributed by atoms with Crippen LogP contribution >= 0.6 is 0 Å². The summed E-state index contributed by atoms with van der Waals surface area (Å²) in [5.74, 6) is 2.01. The molecule has 0 bridgehead atoms. The maximum Gasteiger partial charge on any atom is 0.251 e. The SMILES string of the molecule is Cc1nc(CN2CCC(CNC(=O)CCc3c(C)noc3C)CC2)cc(=O)[nH]1. The molecule has 0 unspecified atom stereocenters. The van der Waals surface area contributed by atoms with E-state index in [9.17, 15) is 9.59 Å². The van der Waals surface area contributed by atoms with Gasteiger partial charge < -0.3 is 14.8 Å². The Hall–Kier alpha value is -2.48. The summed E-state index contributed by atoms with van der Waals surface area (Å²) < 4.78 is 5.14. The monoisotopic (exact) mass is 387 g/mol. The highest BCUT2D eigenvalue weighted by molar-refractivity contribution is 5.76. The third kappa shape index (κ3) is 5.51. The van der Waals surface area contributed by atoms with Crippen LogP contribution in [0.25, 0.3) is 0 Å². The molecule has 1 amide bonds. The van der Waals surface area contributed by atoms with Crippen LogP contribution in [0.5, 0.6) is 0 Å². The predicted octanol–water partition coefficient (Wildman–Crippen LogP) is 1.64. The number of hydrogen-bond donors (Lipinski definition) is 2. The number of piperidine rings is 1. The molecule has 0 radical (unpaired) electrons. The van der Waals surface area contributed by atoms with Gasteiger partial charge in [-0.05, 0) is 59.0 Å². The van der Waals surface area contributed by atoms with Crippen LogP contribution in [0.1, 0.15) is 47.8 Å². The van der Waals surface area contributed by atoms with Crippen LogP contribution < -0.4 is 10.9 Å². The van der Waals surface area contributed by atoms with Crippen LogP contribution in [0.4, 0.5) is 0 Å². The van der Waals surface area contributed by atoms with Gasteiger partial charge in [0.1, 0.15) is 11.6 Å². The molecule has 2 aromatic rings. The predicted molar refractivity (Wildman–Crippen MR) is 105 cm³/mol. The quantitative estimate of drug-likeness (QED) is 0.749. The largest absolute Gasteiger partial charge is 0.361 e. The van der Waals surface area contributed by atoms with E-state index < -0.39 is 0 Å². The summed E-state index contributed by atoms with van der Waals surface area (Å²) in [7, 11) is 0. The van der Waals surface area contributed by atoms with Gasteiger partial charge >= 0.3 is 0 Å². The molecular weight excluding hydrogens is 358 g/mol. The van der Waals surface area contributed by atoms with Crippen molar-refractivity contribution in [2.24, 2.45) is 5.92 Å². The van der Waals surface area contributed by atoms with Gasteiger partial charge in [-0.3, -0.25) is 14.5 Å². The Morgan fingerprint density at radius 2 is 2.07 bits per heavy atom. The van der Waals surface area contributed by atoms with Gasteiger partial charge in [0.15, 0.2) is 0 Å². The second-order valence-corrected chi connectivity index (χ2v) is 7.65. The zero-order valence-corrected chi connectivity index (χ0v) is 16.9. The average molecular weight is 387 g/mol. The Balaban J connectivity index is 1.37. The van der Waals surface area contributed by atoms with Gasteiger partial charge in [-0.2, -0.15) is 0 Å². The van der Waals surface area contributed by atoms with E-state index in [2.05, 4.69) is 25.3 Å². The summed E-state index contributed by atoms with van der Waals surface area (Å²) in [6.07, 6.45) is 3.18. The highest BCUT2D eigenvalue weighted by Crippen LogP contribution is 2.18. The van der Waals surface area contributed by atoms with E-state index in [0.717, 1.165) is 55.2 Å². The number of nitrogens with zero attached hydrogens (tertiary/aromatic N) is 3. The number of carbonyl (C=O) groups excluding carboxylic acids is 1. The van der Waals surface area contributed by atoms with Crippen molar-refractivity contribution in [3.05, 3.63) is 45.0 Å². The molecule has 3 heterocycles. The fourth-order valence-electron chi connectivity index (χ4n) is 3.74. The molecule has 8 heteroatoms. The second kappa shape index (κ2) is 9.14. The molecule has 1 fully saturated rings. The highest BCUT2D eigenvalue weighted by Gasteiger charge is 2.20. The zero-order valence-electron chi connectivity index (χ0n) is 16.9. The van der Waals surface area contributed by atoms with E-state index in [0.29, 0.717) is 31.1 Å². The average Bonchev–Trinajstić information content (AvgIpc) is 2.96. The van der Waals surface area contributed by atoms with E-state index in [1.807, 2.05) is 13.8 Å². The molecule has 0 aromatic carbocycles. The number of rotatable bonds is 7. The number of nitrogens with one attached hydrogen (secondary N) is 2. The van der Waals surface area contributed by atoms with Crippen LogP contribution in [0.3, 0.4) is 0 Å². The summed E-state index contributed by atoms with van der Waals surface area (Å²) in [4.78, 5) is 33.1. The number of H-pyrrole nitrogens is 1. The number of aryl methyl sites for hydroxylation is 3. The van der Waals surface area contributed by atoms with Gasteiger partial charge in [0, 0.05) is 31.1 Å². The van der Waals surface area contributed by atoms with Crippen molar-refractivity contribution in [3.63, 3.8) is 0 Å². The number of carbonyl (C=O) groups is 1. The minimum atomic E-state index is -0.100. The fourth-order valence-corrected chi connectivity index (χ4v) is 3.74. The molecule has 2 aromatic heterocycles. The minimum Gasteiger partial charge on any atom is -0.361 e. The Morgan fingerprint density at radius 1 is 1.32 bits per heavy atom. The summed E-state index contributed by atoms with van der Waals surface area (Å²) in [5, 5.41) is 6.99. The molecule has 0 atom stereocenters. The van der Waals surface area contributed by atoms with Gasteiger partial charge in [-0.15, -0.1) is 0 Å². The molecular formula is C20H29N5O3. The van der Waals surface area contributed by atoms with E-state index in [1.165, 1.54) is 0 Å². The van der Waals surface area contributed by atoms with Crippen molar-refractivity contribution < 1.29 is 9.32 Å². The molecule has 8 nitrogen and oxygen atoms in total. The molecule has 2 N–H and O–H groups in total. The van der Waals surface area contributed by atoms with Crippen LogP contribution in [0.2, 0.25) is 0 Å². The number of hydrogen-bond acceptors (Lipinski definition) is 6. The van der Waals surface area contributed by atoms with Crippen LogP contribution in [0.15, 0.2) is 15.4 Å². The lowest BCUT2D eigenvalue weighted by Gasteiger charge is -2.31. The Kier molecular flexibility index (Phi) is 6.61. The van der Waals surface area contributed by atoms with Crippen LogP contribution in [-0.2, 0) is 17.8 Å². The second-order valence-electron chi connectivity index (χ2n) is 7.65.